The molecular formula is C14H21N3O3. The predicted molar refractivity (Wildman–Crippen MR) is 78.0 cm³/mol. The molecule has 20 heavy (non-hydrogen) atoms. The van der Waals surface area contributed by atoms with Gasteiger partial charge in [-0.15, -0.1) is 0 Å². The van der Waals surface area contributed by atoms with Crippen molar-refractivity contribution in [3.8, 4) is 0 Å². The van der Waals surface area contributed by atoms with Gasteiger partial charge in [-0.2, -0.15) is 0 Å². The van der Waals surface area contributed by atoms with Gasteiger partial charge in [0.1, 0.15) is 0 Å². The van der Waals surface area contributed by atoms with Gasteiger partial charge in [0.2, 0.25) is 0 Å². The Kier molecular flexibility index (Phi) is 6.52. The standard InChI is InChI=1S/C14H21N3O3/c1-16(2)11-9-15-14(20)17(10-8-13(18)19)12-6-4-3-5-7-12/h3-7H,8-11H2,1-2H3,(H,15,20)(H,18,19). The highest BCUT2D eigenvalue weighted by Gasteiger charge is 2.16. The third-order valence-electron chi connectivity index (χ3n) is 2.70. The fourth-order valence-electron chi connectivity index (χ4n) is 1.65. The van der Waals surface area contributed by atoms with Crippen molar-refractivity contribution in [2.45, 2.75) is 6.42 Å². The van der Waals surface area contributed by atoms with E-state index in [4.69, 9.17) is 5.11 Å². The number of urea groups is 1. The molecule has 0 saturated carbocycles. The normalized spacial score (nSPS) is 10.3. The molecular weight excluding hydrogens is 258 g/mol. The van der Waals surface area contributed by atoms with Crippen LogP contribution in [0.2, 0.25) is 0 Å². The maximum atomic E-state index is 12.1. The second-order valence-corrected chi connectivity index (χ2v) is 4.67. The van der Waals surface area contributed by atoms with Crippen LogP contribution in [0.15, 0.2) is 30.3 Å². The topological polar surface area (TPSA) is 72.9 Å². The van der Waals surface area contributed by atoms with Gasteiger partial charge in [-0.25, -0.2) is 4.79 Å². The number of amides is 2. The second kappa shape index (κ2) is 8.16. The monoisotopic (exact) mass is 279 g/mol. The average molecular weight is 279 g/mol. The van der Waals surface area contributed by atoms with Crippen LogP contribution in [0.5, 0.6) is 0 Å². The first-order chi connectivity index (χ1) is 9.50. The second-order valence-electron chi connectivity index (χ2n) is 4.67. The van der Waals surface area contributed by atoms with Crippen LogP contribution < -0.4 is 10.2 Å². The molecule has 0 fully saturated rings. The summed E-state index contributed by atoms with van der Waals surface area (Å²) in [6, 6.07) is 8.77. The Morgan fingerprint density at radius 2 is 1.80 bits per heavy atom. The molecule has 110 valence electrons. The van der Waals surface area contributed by atoms with E-state index in [1.807, 2.05) is 37.2 Å². The van der Waals surface area contributed by atoms with Crippen molar-refractivity contribution in [3.05, 3.63) is 30.3 Å². The molecule has 0 aliphatic carbocycles. The zero-order valence-electron chi connectivity index (χ0n) is 11.9. The van der Waals surface area contributed by atoms with E-state index in [0.29, 0.717) is 12.2 Å². The van der Waals surface area contributed by atoms with Gasteiger partial charge >= 0.3 is 12.0 Å². The number of carboxylic acids is 1. The fourth-order valence-corrected chi connectivity index (χ4v) is 1.65. The van der Waals surface area contributed by atoms with Crippen molar-refractivity contribution in [2.24, 2.45) is 0 Å². The van der Waals surface area contributed by atoms with Crippen LogP contribution in [0, 0.1) is 0 Å². The van der Waals surface area contributed by atoms with Gasteiger partial charge in [0.25, 0.3) is 0 Å². The third kappa shape index (κ3) is 5.71. The van der Waals surface area contributed by atoms with Crippen LogP contribution in [-0.2, 0) is 4.79 Å². The zero-order chi connectivity index (χ0) is 15.0. The van der Waals surface area contributed by atoms with E-state index in [1.165, 1.54) is 4.90 Å². The van der Waals surface area contributed by atoms with Gasteiger partial charge in [0.15, 0.2) is 0 Å². The lowest BCUT2D eigenvalue weighted by molar-refractivity contribution is -0.136. The molecule has 0 bridgehead atoms. The number of anilines is 1. The number of para-hydroxylation sites is 1. The van der Waals surface area contributed by atoms with Crippen LogP contribution >= 0.6 is 0 Å². The molecule has 2 N–H and O–H groups in total. The third-order valence-corrected chi connectivity index (χ3v) is 2.70. The largest absolute Gasteiger partial charge is 0.481 e. The van der Waals surface area contributed by atoms with Gasteiger partial charge in [-0.3, -0.25) is 9.69 Å². The molecule has 0 atom stereocenters. The number of carbonyl (C=O) groups is 2. The van der Waals surface area contributed by atoms with Crippen molar-refractivity contribution >= 4 is 17.7 Å². The number of hydrogen-bond donors (Lipinski definition) is 2. The molecule has 0 radical (unpaired) electrons. The molecule has 0 spiro atoms. The Hall–Kier alpha value is -2.08. The molecule has 0 heterocycles. The number of aliphatic carboxylic acids is 1. The number of nitrogens with zero attached hydrogens (tertiary/aromatic N) is 2. The Balaban J connectivity index is 2.66. The minimum atomic E-state index is -0.924. The summed E-state index contributed by atoms with van der Waals surface area (Å²) in [5.74, 6) is -0.924. The fraction of sp³-hybridized carbons (Fsp3) is 0.429. The number of carbonyl (C=O) groups excluding carboxylic acids is 1. The molecule has 2 amide bonds. The van der Waals surface area contributed by atoms with Gasteiger partial charge in [-0.05, 0) is 26.2 Å². The van der Waals surface area contributed by atoms with E-state index in [-0.39, 0.29) is 19.0 Å². The molecule has 1 aromatic rings. The lowest BCUT2D eigenvalue weighted by Gasteiger charge is -2.23. The van der Waals surface area contributed by atoms with Crippen LogP contribution in [0.3, 0.4) is 0 Å². The number of hydrogen-bond acceptors (Lipinski definition) is 3. The number of benzene rings is 1. The quantitative estimate of drug-likeness (QED) is 0.787. The highest BCUT2D eigenvalue weighted by atomic mass is 16.4. The minimum Gasteiger partial charge on any atom is -0.481 e. The molecule has 0 unspecified atom stereocenters. The van der Waals surface area contributed by atoms with Crippen LogP contribution in [0.4, 0.5) is 10.5 Å². The maximum absolute atomic E-state index is 12.1. The summed E-state index contributed by atoms with van der Waals surface area (Å²) in [4.78, 5) is 26.2. The summed E-state index contributed by atoms with van der Waals surface area (Å²) in [6.45, 7) is 1.39. The minimum absolute atomic E-state index is 0.0873. The van der Waals surface area contributed by atoms with Crippen molar-refractivity contribution < 1.29 is 14.7 Å². The predicted octanol–water partition coefficient (Wildman–Crippen LogP) is 1.24. The summed E-state index contributed by atoms with van der Waals surface area (Å²) >= 11 is 0. The van der Waals surface area contributed by atoms with Gasteiger partial charge in [-0.1, -0.05) is 18.2 Å². The first kappa shape index (κ1) is 16.0. The van der Waals surface area contributed by atoms with Crippen molar-refractivity contribution in [3.63, 3.8) is 0 Å². The summed E-state index contributed by atoms with van der Waals surface area (Å²) in [6.07, 6.45) is -0.0873. The molecule has 1 rings (SSSR count). The van der Waals surface area contributed by atoms with E-state index in [9.17, 15) is 9.59 Å². The van der Waals surface area contributed by atoms with Crippen molar-refractivity contribution in [1.29, 1.82) is 0 Å². The maximum Gasteiger partial charge on any atom is 0.321 e. The number of nitrogens with one attached hydrogen (secondary N) is 1. The zero-order valence-corrected chi connectivity index (χ0v) is 11.9. The smallest absolute Gasteiger partial charge is 0.321 e. The average Bonchev–Trinajstić information content (AvgIpc) is 2.39. The van der Waals surface area contributed by atoms with Crippen LogP contribution in [-0.4, -0.2) is 55.7 Å². The summed E-state index contributed by atoms with van der Waals surface area (Å²) in [7, 11) is 3.84. The highest BCUT2D eigenvalue weighted by Crippen LogP contribution is 2.13. The van der Waals surface area contributed by atoms with Gasteiger partial charge in [0.05, 0.1) is 6.42 Å². The summed E-state index contributed by atoms with van der Waals surface area (Å²) in [5.41, 5.74) is 0.691. The van der Waals surface area contributed by atoms with E-state index in [1.54, 1.807) is 12.1 Å². The highest BCUT2D eigenvalue weighted by molar-refractivity contribution is 5.92. The number of carboxylic acid groups (broad SMARTS) is 1. The van der Waals surface area contributed by atoms with Crippen molar-refractivity contribution in [1.82, 2.24) is 10.2 Å². The van der Waals surface area contributed by atoms with E-state index in [0.717, 1.165) is 6.54 Å². The van der Waals surface area contributed by atoms with E-state index >= 15 is 0 Å². The SMILES string of the molecule is CN(C)CCNC(=O)N(CCC(=O)O)c1ccccc1. The summed E-state index contributed by atoms with van der Waals surface area (Å²) in [5, 5.41) is 11.6. The van der Waals surface area contributed by atoms with Crippen molar-refractivity contribution in [2.75, 3.05) is 38.6 Å². The molecule has 6 heteroatoms. The molecule has 0 saturated heterocycles. The Morgan fingerprint density at radius 1 is 1.15 bits per heavy atom. The Morgan fingerprint density at radius 3 is 2.35 bits per heavy atom. The van der Waals surface area contributed by atoms with Crippen LogP contribution in [0.1, 0.15) is 6.42 Å². The van der Waals surface area contributed by atoms with E-state index < -0.39 is 5.97 Å². The number of likely N-dealkylation sites (N-methyl/N-ethyl adjacent to an activating group) is 1. The molecule has 6 nitrogen and oxygen atoms in total. The van der Waals surface area contributed by atoms with Gasteiger partial charge < -0.3 is 15.3 Å². The Labute approximate surface area is 119 Å². The Bertz CT molecular complexity index is 435. The molecule has 0 aromatic heterocycles. The lowest BCUT2D eigenvalue weighted by atomic mass is 10.3. The lowest BCUT2D eigenvalue weighted by Crippen LogP contribution is -2.43. The first-order valence-electron chi connectivity index (χ1n) is 6.47. The molecule has 1 aromatic carbocycles. The van der Waals surface area contributed by atoms with E-state index in [2.05, 4.69) is 5.32 Å². The summed E-state index contributed by atoms with van der Waals surface area (Å²) < 4.78 is 0. The molecule has 0 aliphatic heterocycles. The molecule has 0 aliphatic rings. The van der Waals surface area contributed by atoms with Gasteiger partial charge in [0, 0.05) is 25.3 Å². The first-order valence-corrected chi connectivity index (χ1v) is 6.47. The number of rotatable bonds is 7. The van der Waals surface area contributed by atoms with Crippen LogP contribution in [0.25, 0.3) is 0 Å².